The zero-order valence-corrected chi connectivity index (χ0v) is 15.2. The molecule has 11 heteroatoms. The van der Waals surface area contributed by atoms with Gasteiger partial charge in [0.15, 0.2) is 5.82 Å². The number of non-ortho nitro benzene ring substituents is 1. The first-order valence-electron chi connectivity index (χ1n) is 7.71. The highest BCUT2D eigenvalue weighted by Crippen LogP contribution is 2.11. The molecule has 142 valence electrons. The molecule has 0 aliphatic carbocycles. The number of carbonyl (C=O) groups is 1. The van der Waals surface area contributed by atoms with Crippen molar-refractivity contribution in [3.63, 3.8) is 0 Å². The van der Waals surface area contributed by atoms with E-state index in [0.29, 0.717) is 18.1 Å². The standard InChI is InChI=1S/C15H20N6O4.ClH/c1-10(16-2)7-13-19-14(25-20-13)9-18-15(22)17-8-11-3-5-12(6-4-11)21(23)24;/h3-6,10,16H,7-9H2,1-2H3,(H2,17,18,22);1H. The molecule has 0 saturated carbocycles. The summed E-state index contributed by atoms with van der Waals surface area (Å²) < 4.78 is 5.06. The molecule has 2 aromatic rings. The summed E-state index contributed by atoms with van der Waals surface area (Å²) in [7, 11) is 1.85. The van der Waals surface area contributed by atoms with Gasteiger partial charge < -0.3 is 20.5 Å². The van der Waals surface area contributed by atoms with Crippen LogP contribution in [-0.4, -0.2) is 34.2 Å². The topological polar surface area (TPSA) is 135 Å². The number of aromatic nitrogens is 2. The smallest absolute Gasteiger partial charge is 0.315 e. The molecule has 2 amide bonds. The summed E-state index contributed by atoms with van der Waals surface area (Å²) in [6.45, 7) is 2.37. The number of likely N-dealkylation sites (N-methyl/N-ethyl adjacent to an activating group) is 1. The Bertz CT molecular complexity index is 721. The lowest BCUT2D eigenvalue weighted by atomic mass is 10.2. The Kier molecular flexibility index (Phi) is 8.46. The van der Waals surface area contributed by atoms with Crippen molar-refractivity contribution >= 4 is 24.1 Å². The SMILES string of the molecule is CNC(C)Cc1noc(CNC(=O)NCc2ccc([N+](=O)[O-])cc2)n1.Cl. The van der Waals surface area contributed by atoms with Crippen molar-refractivity contribution in [2.24, 2.45) is 0 Å². The van der Waals surface area contributed by atoms with Gasteiger partial charge in [0.05, 0.1) is 11.5 Å². The van der Waals surface area contributed by atoms with Crippen molar-refractivity contribution < 1.29 is 14.2 Å². The van der Waals surface area contributed by atoms with Gasteiger partial charge in [-0.15, -0.1) is 12.4 Å². The molecule has 2 rings (SSSR count). The fourth-order valence-corrected chi connectivity index (χ4v) is 1.96. The summed E-state index contributed by atoms with van der Waals surface area (Å²) in [5.74, 6) is 0.897. The van der Waals surface area contributed by atoms with Crippen molar-refractivity contribution in [1.29, 1.82) is 0 Å². The second-order valence-electron chi connectivity index (χ2n) is 5.46. The van der Waals surface area contributed by atoms with Crippen LogP contribution in [0.25, 0.3) is 0 Å². The van der Waals surface area contributed by atoms with Crippen LogP contribution in [0, 0.1) is 10.1 Å². The van der Waals surface area contributed by atoms with Crippen LogP contribution in [-0.2, 0) is 19.5 Å². The number of benzene rings is 1. The van der Waals surface area contributed by atoms with E-state index in [0.717, 1.165) is 5.56 Å². The number of nitrogens with one attached hydrogen (secondary N) is 3. The molecule has 0 spiro atoms. The zero-order chi connectivity index (χ0) is 18.2. The molecule has 1 atom stereocenters. The molecule has 1 unspecified atom stereocenters. The molecule has 0 aliphatic rings. The lowest BCUT2D eigenvalue weighted by molar-refractivity contribution is -0.384. The summed E-state index contributed by atoms with van der Waals surface area (Å²) in [4.78, 5) is 26.1. The average molecular weight is 385 g/mol. The van der Waals surface area contributed by atoms with Gasteiger partial charge in [0.1, 0.15) is 0 Å². The van der Waals surface area contributed by atoms with Crippen molar-refractivity contribution in [1.82, 2.24) is 26.1 Å². The number of urea groups is 1. The summed E-state index contributed by atoms with van der Waals surface area (Å²) >= 11 is 0. The van der Waals surface area contributed by atoms with Crippen LogP contribution in [0.1, 0.15) is 24.2 Å². The van der Waals surface area contributed by atoms with Crippen LogP contribution < -0.4 is 16.0 Å². The van der Waals surface area contributed by atoms with E-state index in [4.69, 9.17) is 4.52 Å². The molecule has 10 nitrogen and oxygen atoms in total. The van der Waals surface area contributed by atoms with E-state index in [1.54, 1.807) is 12.1 Å². The highest BCUT2D eigenvalue weighted by Gasteiger charge is 2.10. The molecule has 0 radical (unpaired) electrons. The van der Waals surface area contributed by atoms with Crippen molar-refractivity contribution in [2.45, 2.75) is 32.5 Å². The van der Waals surface area contributed by atoms with Gasteiger partial charge in [0.2, 0.25) is 5.89 Å². The van der Waals surface area contributed by atoms with Gasteiger partial charge in [-0.3, -0.25) is 10.1 Å². The van der Waals surface area contributed by atoms with Crippen LogP contribution in [0.2, 0.25) is 0 Å². The predicted molar refractivity (Wildman–Crippen MR) is 95.9 cm³/mol. The van der Waals surface area contributed by atoms with Crippen molar-refractivity contribution in [3.8, 4) is 0 Å². The molecular weight excluding hydrogens is 364 g/mol. The van der Waals surface area contributed by atoms with E-state index < -0.39 is 11.0 Å². The number of rotatable bonds is 8. The van der Waals surface area contributed by atoms with Gasteiger partial charge in [-0.1, -0.05) is 17.3 Å². The number of hydrogen-bond donors (Lipinski definition) is 3. The molecule has 26 heavy (non-hydrogen) atoms. The summed E-state index contributed by atoms with van der Waals surface area (Å²) in [6.07, 6.45) is 0.631. The van der Waals surface area contributed by atoms with E-state index >= 15 is 0 Å². The van der Waals surface area contributed by atoms with Crippen molar-refractivity contribution in [3.05, 3.63) is 51.7 Å². The third-order valence-electron chi connectivity index (χ3n) is 3.49. The van der Waals surface area contributed by atoms with Gasteiger partial charge in [0, 0.05) is 31.1 Å². The van der Waals surface area contributed by atoms with E-state index in [9.17, 15) is 14.9 Å². The van der Waals surface area contributed by atoms with Gasteiger partial charge in [-0.25, -0.2) is 4.79 Å². The van der Waals surface area contributed by atoms with Crippen molar-refractivity contribution in [2.75, 3.05) is 7.05 Å². The van der Waals surface area contributed by atoms with Crippen LogP contribution in [0.15, 0.2) is 28.8 Å². The number of nitro groups is 1. The van der Waals surface area contributed by atoms with Crippen LogP contribution in [0.4, 0.5) is 10.5 Å². The van der Waals surface area contributed by atoms with Gasteiger partial charge in [-0.2, -0.15) is 4.98 Å². The normalized spacial score (nSPS) is 11.3. The number of halogens is 1. The van der Waals surface area contributed by atoms with Crippen LogP contribution in [0.5, 0.6) is 0 Å². The Morgan fingerprint density at radius 1 is 1.27 bits per heavy atom. The highest BCUT2D eigenvalue weighted by atomic mass is 35.5. The molecule has 1 aromatic heterocycles. The van der Waals surface area contributed by atoms with Gasteiger partial charge >= 0.3 is 6.03 Å². The summed E-state index contributed by atoms with van der Waals surface area (Å²) in [5.41, 5.74) is 0.759. The monoisotopic (exact) mass is 384 g/mol. The largest absolute Gasteiger partial charge is 0.337 e. The molecule has 1 heterocycles. The Morgan fingerprint density at radius 2 is 1.92 bits per heavy atom. The lowest BCUT2D eigenvalue weighted by Crippen LogP contribution is -2.34. The first-order valence-corrected chi connectivity index (χ1v) is 7.71. The minimum Gasteiger partial charge on any atom is -0.337 e. The Hall–Kier alpha value is -2.72. The Labute approximate surface area is 156 Å². The summed E-state index contributed by atoms with van der Waals surface area (Å²) in [5, 5.41) is 22.8. The fourth-order valence-electron chi connectivity index (χ4n) is 1.96. The number of nitro benzene ring substituents is 1. The third-order valence-corrected chi connectivity index (χ3v) is 3.49. The first-order chi connectivity index (χ1) is 12.0. The molecule has 0 aliphatic heterocycles. The van der Waals surface area contributed by atoms with Gasteiger partial charge in [0.25, 0.3) is 5.69 Å². The Morgan fingerprint density at radius 3 is 2.54 bits per heavy atom. The lowest BCUT2D eigenvalue weighted by Gasteiger charge is -2.06. The number of hydrogen-bond acceptors (Lipinski definition) is 7. The van der Waals surface area contributed by atoms with E-state index in [2.05, 4.69) is 26.1 Å². The Balaban J connectivity index is 0.00000338. The highest BCUT2D eigenvalue weighted by molar-refractivity contribution is 5.85. The van der Waals surface area contributed by atoms with E-state index in [1.807, 2.05) is 14.0 Å². The molecule has 1 aromatic carbocycles. The minimum atomic E-state index is -0.472. The maximum absolute atomic E-state index is 11.8. The first kappa shape index (κ1) is 21.3. The zero-order valence-electron chi connectivity index (χ0n) is 14.4. The fraction of sp³-hybridized carbons (Fsp3) is 0.400. The number of carbonyl (C=O) groups excluding carboxylic acids is 1. The molecule has 0 bridgehead atoms. The second-order valence-corrected chi connectivity index (χ2v) is 5.46. The second kappa shape index (κ2) is 10.3. The predicted octanol–water partition coefficient (Wildman–Crippen LogP) is 1.55. The van der Waals surface area contributed by atoms with Gasteiger partial charge in [-0.05, 0) is 19.5 Å². The maximum Gasteiger partial charge on any atom is 0.315 e. The molecule has 0 saturated heterocycles. The van der Waals surface area contributed by atoms with Crippen LogP contribution >= 0.6 is 12.4 Å². The number of nitrogens with zero attached hydrogens (tertiary/aromatic N) is 3. The van der Waals surface area contributed by atoms with E-state index in [-0.39, 0.29) is 37.2 Å². The van der Waals surface area contributed by atoms with E-state index in [1.165, 1.54) is 12.1 Å². The maximum atomic E-state index is 11.8. The number of amides is 2. The quantitative estimate of drug-likeness (QED) is 0.464. The van der Waals surface area contributed by atoms with Crippen LogP contribution in [0.3, 0.4) is 0 Å². The average Bonchev–Trinajstić information content (AvgIpc) is 3.05. The molecular formula is C15H21ClN6O4. The third kappa shape index (κ3) is 6.65. The summed E-state index contributed by atoms with van der Waals surface area (Å²) in [6, 6.07) is 5.78. The minimum absolute atomic E-state index is 0. The molecule has 3 N–H and O–H groups in total. The molecule has 0 fully saturated rings.